The molecule has 2 aromatic rings. The van der Waals surface area contributed by atoms with Gasteiger partial charge in [0.2, 0.25) is 5.56 Å². The number of amides is 1. The number of halogens is 2. The molecule has 0 spiro atoms. The number of carbonyl (C=O) groups is 1. The third kappa shape index (κ3) is 4.75. The molecule has 1 unspecified atom stereocenters. The number of aromatic amines is 1. The van der Waals surface area contributed by atoms with Crippen molar-refractivity contribution in [3.8, 4) is 0 Å². The standard InChI is InChI=1S/C19H22F2N2O2/c1-4-5-16(14-7-6-13(20)10-15(14)21)23-19(25)12-8-17(11(2)3)22-18(24)9-12/h6-11,16H,4-5H2,1-3H3,(H,22,24)(H,23,25). The number of rotatable bonds is 6. The summed E-state index contributed by atoms with van der Waals surface area (Å²) in [6, 6.07) is 5.53. The number of hydrogen-bond acceptors (Lipinski definition) is 2. The SMILES string of the molecule is CCCC(NC(=O)c1cc(C(C)C)[nH]c(=O)c1)c1ccc(F)cc1F. The Hall–Kier alpha value is -2.50. The first-order chi connectivity index (χ1) is 11.8. The Kier molecular flexibility index (Phi) is 6.07. The lowest BCUT2D eigenvalue weighted by Gasteiger charge is -2.19. The van der Waals surface area contributed by atoms with Gasteiger partial charge < -0.3 is 10.3 Å². The minimum Gasteiger partial charge on any atom is -0.345 e. The van der Waals surface area contributed by atoms with Gasteiger partial charge in [-0.3, -0.25) is 9.59 Å². The van der Waals surface area contributed by atoms with Crippen LogP contribution in [0.15, 0.2) is 35.1 Å². The van der Waals surface area contributed by atoms with Crippen LogP contribution in [0.25, 0.3) is 0 Å². The second-order valence-corrected chi connectivity index (χ2v) is 6.32. The monoisotopic (exact) mass is 348 g/mol. The molecule has 2 rings (SSSR count). The lowest BCUT2D eigenvalue weighted by atomic mass is 10.0. The van der Waals surface area contributed by atoms with E-state index in [9.17, 15) is 18.4 Å². The summed E-state index contributed by atoms with van der Waals surface area (Å²) in [5.74, 6) is -1.77. The van der Waals surface area contributed by atoms with Gasteiger partial charge in [-0.25, -0.2) is 8.78 Å². The number of hydrogen-bond donors (Lipinski definition) is 2. The smallest absolute Gasteiger partial charge is 0.252 e. The molecule has 0 aliphatic heterocycles. The lowest BCUT2D eigenvalue weighted by molar-refractivity contribution is 0.0933. The van der Waals surface area contributed by atoms with E-state index < -0.39 is 23.6 Å². The predicted molar refractivity (Wildman–Crippen MR) is 92.6 cm³/mol. The molecule has 0 fully saturated rings. The first-order valence-electron chi connectivity index (χ1n) is 8.32. The second kappa shape index (κ2) is 8.05. The fourth-order valence-corrected chi connectivity index (χ4v) is 2.63. The molecular formula is C19H22F2N2O2. The van der Waals surface area contributed by atoms with E-state index in [1.54, 1.807) is 6.07 Å². The molecule has 2 N–H and O–H groups in total. The number of H-pyrrole nitrogens is 1. The van der Waals surface area contributed by atoms with Crippen LogP contribution in [0.5, 0.6) is 0 Å². The summed E-state index contributed by atoms with van der Waals surface area (Å²) in [6.45, 7) is 5.71. The Balaban J connectivity index is 2.30. The van der Waals surface area contributed by atoms with Crippen LogP contribution < -0.4 is 10.9 Å². The van der Waals surface area contributed by atoms with E-state index in [-0.39, 0.29) is 22.6 Å². The topological polar surface area (TPSA) is 62.0 Å². The van der Waals surface area contributed by atoms with Gasteiger partial charge in [0.15, 0.2) is 0 Å². The first-order valence-corrected chi connectivity index (χ1v) is 8.32. The summed E-state index contributed by atoms with van der Waals surface area (Å²) in [7, 11) is 0. The second-order valence-electron chi connectivity index (χ2n) is 6.32. The Labute approximate surface area is 145 Å². The Morgan fingerprint density at radius 1 is 1.20 bits per heavy atom. The average Bonchev–Trinajstić information content (AvgIpc) is 2.53. The highest BCUT2D eigenvalue weighted by molar-refractivity contribution is 5.94. The number of benzene rings is 1. The molecule has 134 valence electrons. The van der Waals surface area contributed by atoms with Crippen LogP contribution in [0.3, 0.4) is 0 Å². The maximum atomic E-state index is 14.1. The van der Waals surface area contributed by atoms with Crippen molar-refractivity contribution in [1.82, 2.24) is 10.3 Å². The fourth-order valence-electron chi connectivity index (χ4n) is 2.63. The third-order valence-corrected chi connectivity index (χ3v) is 3.97. The minimum absolute atomic E-state index is 0.0569. The van der Waals surface area contributed by atoms with Crippen molar-refractivity contribution in [2.45, 2.75) is 45.6 Å². The Morgan fingerprint density at radius 2 is 1.92 bits per heavy atom. The van der Waals surface area contributed by atoms with Gasteiger partial charge in [-0.1, -0.05) is 33.3 Å². The molecule has 6 heteroatoms. The van der Waals surface area contributed by atoms with Gasteiger partial charge in [0.1, 0.15) is 11.6 Å². The van der Waals surface area contributed by atoms with Crippen LogP contribution in [-0.4, -0.2) is 10.9 Å². The third-order valence-electron chi connectivity index (χ3n) is 3.97. The van der Waals surface area contributed by atoms with Crippen molar-refractivity contribution in [1.29, 1.82) is 0 Å². The van der Waals surface area contributed by atoms with Crippen molar-refractivity contribution in [2.24, 2.45) is 0 Å². The van der Waals surface area contributed by atoms with Crippen LogP contribution in [0.2, 0.25) is 0 Å². The Morgan fingerprint density at radius 3 is 2.52 bits per heavy atom. The molecule has 0 bridgehead atoms. The van der Waals surface area contributed by atoms with E-state index in [0.29, 0.717) is 18.5 Å². The highest BCUT2D eigenvalue weighted by atomic mass is 19.1. The van der Waals surface area contributed by atoms with E-state index in [1.807, 2.05) is 20.8 Å². The van der Waals surface area contributed by atoms with Crippen LogP contribution >= 0.6 is 0 Å². The number of aromatic nitrogens is 1. The molecule has 0 saturated heterocycles. The maximum absolute atomic E-state index is 14.1. The summed E-state index contributed by atoms with van der Waals surface area (Å²) in [6.07, 6.45) is 1.20. The van der Waals surface area contributed by atoms with Gasteiger partial charge in [0.25, 0.3) is 5.91 Å². The molecule has 1 heterocycles. The molecule has 1 atom stereocenters. The minimum atomic E-state index is -0.701. The van der Waals surface area contributed by atoms with Gasteiger partial charge in [0, 0.05) is 29.0 Å². The van der Waals surface area contributed by atoms with Crippen molar-refractivity contribution in [3.05, 3.63) is 69.1 Å². The summed E-state index contributed by atoms with van der Waals surface area (Å²) in [5, 5.41) is 2.75. The molecule has 0 radical (unpaired) electrons. The summed E-state index contributed by atoms with van der Waals surface area (Å²) < 4.78 is 27.2. The highest BCUT2D eigenvalue weighted by Crippen LogP contribution is 2.23. The average molecular weight is 348 g/mol. The van der Waals surface area contributed by atoms with Crippen LogP contribution in [0, 0.1) is 11.6 Å². The zero-order chi connectivity index (χ0) is 18.6. The van der Waals surface area contributed by atoms with E-state index in [0.717, 1.165) is 12.1 Å². The van der Waals surface area contributed by atoms with E-state index in [4.69, 9.17) is 0 Å². The number of carbonyl (C=O) groups excluding carboxylic acids is 1. The molecule has 4 nitrogen and oxygen atoms in total. The van der Waals surface area contributed by atoms with Gasteiger partial charge in [-0.05, 0) is 24.5 Å². The summed E-state index contributed by atoms with van der Waals surface area (Å²) in [4.78, 5) is 27.0. The quantitative estimate of drug-likeness (QED) is 0.827. The van der Waals surface area contributed by atoms with Crippen molar-refractivity contribution in [2.75, 3.05) is 0 Å². The van der Waals surface area contributed by atoms with Crippen molar-refractivity contribution in [3.63, 3.8) is 0 Å². The zero-order valence-electron chi connectivity index (χ0n) is 14.5. The van der Waals surface area contributed by atoms with Crippen LogP contribution in [0.4, 0.5) is 8.78 Å². The molecule has 25 heavy (non-hydrogen) atoms. The normalized spacial score (nSPS) is 12.2. The predicted octanol–water partition coefficient (Wildman–Crippen LogP) is 4.05. The molecule has 0 saturated carbocycles. The fraction of sp³-hybridized carbons (Fsp3) is 0.368. The Bertz CT molecular complexity index is 815. The summed E-state index contributed by atoms with van der Waals surface area (Å²) in [5.41, 5.74) is 0.732. The highest BCUT2D eigenvalue weighted by Gasteiger charge is 2.19. The van der Waals surface area contributed by atoms with Gasteiger partial charge in [-0.2, -0.15) is 0 Å². The molecule has 0 aliphatic rings. The van der Waals surface area contributed by atoms with Gasteiger partial charge >= 0.3 is 0 Å². The van der Waals surface area contributed by atoms with Gasteiger partial charge in [0.05, 0.1) is 6.04 Å². The maximum Gasteiger partial charge on any atom is 0.252 e. The molecule has 1 aromatic heterocycles. The van der Waals surface area contributed by atoms with Gasteiger partial charge in [-0.15, -0.1) is 0 Å². The molecular weight excluding hydrogens is 326 g/mol. The van der Waals surface area contributed by atoms with E-state index >= 15 is 0 Å². The first kappa shape index (κ1) is 18.8. The van der Waals surface area contributed by atoms with Crippen molar-refractivity contribution < 1.29 is 13.6 Å². The van der Waals surface area contributed by atoms with E-state index in [2.05, 4.69) is 10.3 Å². The molecule has 1 amide bonds. The summed E-state index contributed by atoms with van der Waals surface area (Å²) >= 11 is 0. The van der Waals surface area contributed by atoms with Crippen molar-refractivity contribution >= 4 is 5.91 Å². The van der Waals surface area contributed by atoms with E-state index in [1.165, 1.54) is 12.1 Å². The zero-order valence-corrected chi connectivity index (χ0v) is 14.5. The van der Waals surface area contributed by atoms with Crippen LogP contribution in [-0.2, 0) is 0 Å². The number of nitrogens with one attached hydrogen (secondary N) is 2. The number of pyridine rings is 1. The largest absolute Gasteiger partial charge is 0.345 e. The molecule has 0 aliphatic carbocycles. The lowest BCUT2D eigenvalue weighted by Crippen LogP contribution is -2.30. The van der Waals surface area contributed by atoms with Crippen LogP contribution in [0.1, 0.15) is 67.2 Å². The molecule has 1 aromatic carbocycles.